The molecule has 1 unspecified atom stereocenters. The number of piperidine rings is 1. The largest absolute Gasteiger partial charge is 0.314 e. The fraction of sp³-hybridized carbons (Fsp3) is 0.857. The Morgan fingerprint density at radius 1 is 1.47 bits per heavy atom. The maximum absolute atomic E-state index is 4.37. The number of rotatable bonds is 6. The van der Waals surface area contributed by atoms with Crippen LogP contribution in [-0.2, 0) is 13.1 Å². The number of likely N-dealkylation sites (tertiary alicyclic amines) is 1. The molecule has 0 spiro atoms. The van der Waals surface area contributed by atoms with Gasteiger partial charge in [-0.3, -0.25) is 4.90 Å². The normalized spacial score (nSPS) is 21.2. The van der Waals surface area contributed by atoms with Crippen LogP contribution in [0.4, 0.5) is 0 Å². The molecule has 1 fully saturated rings. The van der Waals surface area contributed by atoms with Crippen LogP contribution in [0, 0.1) is 5.92 Å². The predicted octanol–water partition coefficient (Wildman–Crippen LogP) is 1.51. The Kier molecular flexibility index (Phi) is 5.34. The first-order chi connectivity index (χ1) is 9.19. The molecule has 1 atom stereocenters. The van der Waals surface area contributed by atoms with Gasteiger partial charge in [0, 0.05) is 19.1 Å². The molecule has 2 rings (SSSR count). The van der Waals surface area contributed by atoms with Crippen LogP contribution in [0.1, 0.15) is 39.4 Å². The van der Waals surface area contributed by atoms with Crippen LogP contribution >= 0.6 is 0 Å². The molecule has 0 bridgehead atoms. The summed E-state index contributed by atoms with van der Waals surface area (Å²) < 4.78 is 2.00. The van der Waals surface area contributed by atoms with E-state index >= 15 is 0 Å². The summed E-state index contributed by atoms with van der Waals surface area (Å²) in [4.78, 5) is 6.90. The van der Waals surface area contributed by atoms with Gasteiger partial charge >= 0.3 is 0 Å². The van der Waals surface area contributed by atoms with Crippen LogP contribution in [0.2, 0.25) is 0 Å². The van der Waals surface area contributed by atoms with Crippen molar-refractivity contribution in [1.29, 1.82) is 0 Å². The Balaban J connectivity index is 1.84. The van der Waals surface area contributed by atoms with Gasteiger partial charge in [-0.15, -0.1) is 0 Å². The molecule has 1 aliphatic heterocycles. The van der Waals surface area contributed by atoms with Gasteiger partial charge in [0.25, 0.3) is 0 Å². The highest BCUT2D eigenvalue weighted by molar-refractivity contribution is 4.86. The van der Waals surface area contributed by atoms with Crippen molar-refractivity contribution in [3.05, 3.63) is 12.2 Å². The monoisotopic (exact) mass is 265 g/mol. The molecule has 5 heteroatoms. The molecule has 2 heterocycles. The average molecular weight is 265 g/mol. The van der Waals surface area contributed by atoms with Gasteiger partial charge < -0.3 is 5.32 Å². The third kappa shape index (κ3) is 4.28. The standard InChI is InChI=1S/C14H27N5/c1-4-19-14(16-11-17-19)10-18-7-5-6-13(9-18)8-15-12(2)3/h11-13,15H,4-10H2,1-3H3. The molecule has 1 aliphatic rings. The zero-order valence-electron chi connectivity index (χ0n) is 12.5. The smallest absolute Gasteiger partial charge is 0.140 e. The van der Waals surface area contributed by atoms with Crippen LogP contribution in [0.25, 0.3) is 0 Å². The second-order valence-electron chi connectivity index (χ2n) is 5.80. The van der Waals surface area contributed by atoms with Gasteiger partial charge in [0.15, 0.2) is 0 Å². The minimum Gasteiger partial charge on any atom is -0.314 e. The van der Waals surface area contributed by atoms with Crippen LogP contribution in [0.5, 0.6) is 0 Å². The summed E-state index contributed by atoms with van der Waals surface area (Å²) in [5.41, 5.74) is 0. The van der Waals surface area contributed by atoms with Crippen molar-refractivity contribution < 1.29 is 0 Å². The Morgan fingerprint density at radius 2 is 2.32 bits per heavy atom. The molecule has 1 N–H and O–H groups in total. The molecule has 5 nitrogen and oxygen atoms in total. The van der Waals surface area contributed by atoms with E-state index < -0.39 is 0 Å². The lowest BCUT2D eigenvalue weighted by molar-refractivity contribution is 0.158. The SMILES string of the molecule is CCn1ncnc1CN1CCCC(CNC(C)C)C1. The van der Waals surface area contributed by atoms with E-state index in [-0.39, 0.29) is 0 Å². The summed E-state index contributed by atoms with van der Waals surface area (Å²) in [6.45, 7) is 11.9. The fourth-order valence-electron chi connectivity index (χ4n) is 2.74. The van der Waals surface area contributed by atoms with Gasteiger partial charge in [-0.2, -0.15) is 5.10 Å². The van der Waals surface area contributed by atoms with Gasteiger partial charge in [-0.1, -0.05) is 13.8 Å². The van der Waals surface area contributed by atoms with E-state index in [0.717, 1.165) is 31.4 Å². The van der Waals surface area contributed by atoms with Crippen LogP contribution in [0.3, 0.4) is 0 Å². The number of hydrogen-bond donors (Lipinski definition) is 1. The zero-order valence-corrected chi connectivity index (χ0v) is 12.5. The van der Waals surface area contributed by atoms with E-state index in [4.69, 9.17) is 0 Å². The minimum atomic E-state index is 0.582. The molecule has 0 aliphatic carbocycles. The molecule has 108 valence electrons. The molecule has 0 amide bonds. The first kappa shape index (κ1) is 14.5. The third-order valence-corrected chi connectivity index (χ3v) is 3.78. The summed E-state index contributed by atoms with van der Waals surface area (Å²) in [6.07, 6.45) is 4.31. The Morgan fingerprint density at radius 3 is 3.05 bits per heavy atom. The lowest BCUT2D eigenvalue weighted by Crippen LogP contribution is -2.41. The van der Waals surface area contributed by atoms with Gasteiger partial charge in [0.2, 0.25) is 0 Å². The van der Waals surface area contributed by atoms with Gasteiger partial charge in [0.1, 0.15) is 12.2 Å². The number of aryl methyl sites for hydroxylation is 1. The van der Waals surface area contributed by atoms with E-state index in [1.165, 1.54) is 25.9 Å². The van der Waals surface area contributed by atoms with Crippen molar-refractivity contribution in [1.82, 2.24) is 25.0 Å². The second kappa shape index (κ2) is 7.01. The van der Waals surface area contributed by atoms with Crippen molar-refractivity contribution in [3.8, 4) is 0 Å². The summed E-state index contributed by atoms with van der Waals surface area (Å²) >= 11 is 0. The van der Waals surface area contributed by atoms with Crippen molar-refractivity contribution in [2.24, 2.45) is 5.92 Å². The summed E-state index contributed by atoms with van der Waals surface area (Å²) in [5, 5.41) is 7.80. The third-order valence-electron chi connectivity index (χ3n) is 3.78. The highest BCUT2D eigenvalue weighted by atomic mass is 15.3. The highest BCUT2D eigenvalue weighted by Gasteiger charge is 2.21. The quantitative estimate of drug-likeness (QED) is 0.847. The number of hydrogen-bond acceptors (Lipinski definition) is 4. The number of aromatic nitrogens is 3. The van der Waals surface area contributed by atoms with Gasteiger partial charge in [-0.05, 0) is 38.8 Å². The minimum absolute atomic E-state index is 0.582. The maximum atomic E-state index is 4.37. The van der Waals surface area contributed by atoms with Crippen molar-refractivity contribution in [2.75, 3.05) is 19.6 Å². The second-order valence-corrected chi connectivity index (χ2v) is 5.80. The summed E-state index contributed by atoms with van der Waals surface area (Å²) in [7, 11) is 0. The molecular formula is C14H27N5. The van der Waals surface area contributed by atoms with Crippen molar-refractivity contribution in [2.45, 2.75) is 52.7 Å². The van der Waals surface area contributed by atoms with Crippen molar-refractivity contribution in [3.63, 3.8) is 0 Å². The molecule has 19 heavy (non-hydrogen) atoms. The summed E-state index contributed by atoms with van der Waals surface area (Å²) in [6, 6.07) is 0.582. The lowest BCUT2D eigenvalue weighted by Gasteiger charge is -2.32. The molecule has 0 saturated carbocycles. The fourth-order valence-corrected chi connectivity index (χ4v) is 2.74. The van der Waals surface area contributed by atoms with E-state index in [0.29, 0.717) is 6.04 Å². The van der Waals surface area contributed by atoms with E-state index in [1.807, 2.05) is 4.68 Å². The lowest BCUT2D eigenvalue weighted by atomic mass is 9.98. The highest BCUT2D eigenvalue weighted by Crippen LogP contribution is 2.17. The van der Waals surface area contributed by atoms with Crippen LogP contribution in [-0.4, -0.2) is 45.3 Å². The van der Waals surface area contributed by atoms with Crippen LogP contribution < -0.4 is 5.32 Å². The maximum Gasteiger partial charge on any atom is 0.140 e. The number of nitrogens with one attached hydrogen (secondary N) is 1. The first-order valence-corrected chi connectivity index (χ1v) is 7.51. The molecule has 0 radical (unpaired) electrons. The van der Waals surface area contributed by atoms with Gasteiger partial charge in [0.05, 0.1) is 6.54 Å². The Hall–Kier alpha value is -0.940. The zero-order chi connectivity index (χ0) is 13.7. The number of nitrogens with zero attached hydrogens (tertiary/aromatic N) is 4. The van der Waals surface area contributed by atoms with Crippen LogP contribution in [0.15, 0.2) is 6.33 Å². The first-order valence-electron chi connectivity index (χ1n) is 7.51. The topological polar surface area (TPSA) is 46.0 Å². The predicted molar refractivity (Wildman–Crippen MR) is 76.8 cm³/mol. The molecular weight excluding hydrogens is 238 g/mol. The van der Waals surface area contributed by atoms with E-state index in [2.05, 4.69) is 41.1 Å². The molecule has 1 saturated heterocycles. The summed E-state index contributed by atoms with van der Waals surface area (Å²) in [5.74, 6) is 1.87. The Bertz CT molecular complexity index is 374. The average Bonchev–Trinajstić information content (AvgIpc) is 2.84. The van der Waals surface area contributed by atoms with E-state index in [9.17, 15) is 0 Å². The molecule has 1 aromatic heterocycles. The van der Waals surface area contributed by atoms with Gasteiger partial charge in [-0.25, -0.2) is 9.67 Å². The Labute approximate surface area is 116 Å². The van der Waals surface area contributed by atoms with E-state index in [1.54, 1.807) is 6.33 Å². The molecule has 1 aromatic rings. The van der Waals surface area contributed by atoms with Crippen molar-refractivity contribution >= 4 is 0 Å². The molecule has 0 aromatic carbocycles.